The summed E-state index contributed by atoms with van der Waals surface area (Å²) in [6.07, 6.45) is 1.63. The Morgan fingerprint density at radius 1 is 0.974 bits per heavy atom. The molecule has 3 rings (SSSR count). The van der Waals surface area contributed by atoms with Crippen molar-refractivity contribution in [1.82, 2.24) is 5.32 Å². The van der Waals surface area contributed by atoms with Crippen LogP contribution in [0.4, 0.5) is 5.69 Å². The Hall–Kier alpha value is -4.94. The van der Waals surface area contributed by atoms with Crippen molar-refractivity contribution in [3.63, 3.8) is 0 Å². The number of hydrogen-bond donors (Lipinski definition) is 4. The van der Waals surface area contributed by atoms with Crippen LogP contribution in [-0.4, -0.2) is 37.3 Å². The fourth-order valence-electron chi connectivity index (χ4n) is 3.72. The lowest BCUT2D eigenvalue weighted by molar-refractivity contribution is 0.0601. The number of nitrogens with one attached hydrogen (secondary N) is 3. The topological polar surface area (TPSA) is 134 Å². The van der Waals surface area contributed by atoms with Gasteiger partial charge in [0.05, 0.1) is 12.7 Å². The van der Waals surface area contributed by atoms with Crippen molar-refractivity contribution < 1.29 is 19.1 Å². The maximum atomic E-state index is 13.5. The van der Waals surface area contributed by atoms with Crippen molar-refractivity contribution >= 4 is 35.4 Å². The quantitative estimate of drug-likeness (QED) is 0.141. The molecule has 0 aromatic heterocycles. The number of nitrogen functional groups attached to an aromatic ring is 1. The number of anilines is 1. The molecule has 0 aliphatic heterocycles. The molecular weight excluding hydrogens is 480 g/mol. The number of rotatable bonds is 9. The highest BCUT2D eigenvalue weighted by molar-refractivity contribution is 6.11. The molecule has 0 saturated carbocycles. The molecule has 8 nitrogen and oxygen atoms in total. The average Bonchev–Trinajstić information content (AvgIpc) is 2.91. The third kappa shape index (κ3) is 6.63. The lowest BCUT2D eigenvalue weighted by atomic mass is 9.92. The van der Waals surface area contributed by atoms with Crippen LogP contribution in [-0.2, 0) is 4.74 Å². The van der Waals surface area contributed by atoms with Crippen LogP contribution in [0.2, 0.25) is 0 Å². The molecule has 38 heavy (non-hydrogen) atoms. The van der Waals surface area contributed by atoms with Crippen LogP contribution in [0.15, 0.2) is 73.0 Å². The van der Waals surface area contributed by atoms with E-state index in [0.717, 1.165) is 0 Å². The van der Waals surface area contributed by atoms with Crippen LogP contribution in [0.3, 0.4) is 0 Å². The number of benzene rings is 3. The van der Waals surface area contributed by atoms with Crippen molar-refractivity contribution in [3.8, 4) is 11.1 Å². The Labute approximate surface area is 221 Å². The number of nitrogens with two attached hydrogens (primary N) is 1. The van der Waals surface area contributed by atoms with E-state index in [1.807, 2.05) is 13.8 Å². The molecule has 194 valence electrons. The zero-order chi connectivity index (χ0) is 27.8. The van der Waals surface area contributed by atoms with E-state index in [0.29, 0.717) is 40.0 Å². The third-order valence-electron chi connectivity index (χ3n) is 5.66. The second kappa shape index (κ2) is 12.3. The van der Waals surface area contributed by atoms with Gasteiger partial charge in [-0.15, -0.1) is 5.73 Å². The minimum atomic E-state index is -0.639. The van der Waals surface area contributed by atoms with E-state index < -0.39 is 11.9 Å². The molecule has 0 fully saturated rings. The number of methoxy groups -OCH3 is 1. The Balaban J connectivity index is 2.08. The Bertz CT molecular complexity index is 1440. The standard InChI is InChI=1S/C30H30N4O4/c1-5-6-19-7-13-23(25(15-19)29(36)34-22-11-8-20(9-12-22)27(31)32)24-14-10-21(16-26(24)30(37)38-4)28(35)33-17-18(2)3/h6-16,18H,1,17H2,2-4H3,(H3,31,32)(H,33,35)(H,34,36). The zero-order valence-corrected chi connectivity index (χ0v) is 21.6. The van der Waals surface area contributed by atoms with E-state index in [9.17, 15) is 14.4 Å². The second-order valence-corrected chi connectivity index (χ2v) is 8.95. The van der Waals surface area contributed by atoms with Gasteiger partial charge in [0.1, 0.15) is 5.84 Å². The molecular formula is C30H30N4O4. The summed E-state index contributed by atoms with van der Waals surface area (Å²) in [6, 6.07) is 16.4. The van der Waals surface area contributed by atoms with E-state index in [1.165, 1.54) is 13.2 Å². The number of carbonyl (C=O) groups excluding carboxylic acids is 3. The van der Waals surface area contributed by atoms with Gasteiger partial charge in [-0.25, -0.2) is 4.79 Å². The van der Waals surface area contributed by atoms with E-state index in [2.05, 4.69) is 22.9 Å². The van der Waals surface area contributed by atoms with Gasteiger partial charge in [-0.3, -0.25) is 15.0 Å². The molecule has 5 N–H and O–H groups in total. The van der Waals surface area contributed by atoms with E-state index in [1.54, 1.807) is 60.7 Å². The van der Waals surface area contributed by atoms with Crippen LogP contribution >= 0.6 is 0 Å². The fraction of sp³-hybridized carbons (Fsp3) is 0.167. The Morgan fingerprint density at radius 3 is 2.21 bits per heavy atom. The minimum Gasteiger partial charge on any atom is -0.465 e. The summed E-state index contributed by atoms with van der Waals surface area (Å²) in [5.74, 6) is -1.19. The molecule has 0 aliphatic rings. The lowest BCUT2D eigenvalue weighted by Gasteiger charge is -2.16. The predicted octanol–water partition coefficient (Wildman–Crippen LogP) is 4.86. The molecule has 0 bridgehead atoms. The number of esters is 1. The SMILES string of the molecule is C=C=Cc1ccc(-c2ccc(C(=O)NCC(C)C)cc2C(=O)OC)c(C(=O)Nc2ccc(C(=N)N)cc2)c1. The van der Waals surface area contributed by atoms with Gasteiger partial charge in [0.25, 0.3) is 11.8 Å². The summed E-state index contributed by atoms with van der Waals surface area (Å²) in [4.78, 5) is 38.9. The zero-order valence-electron chi connectivity index (χ0n) is 21.6. The largest absolute Gasteiger partial charge is 0.465 e. The van der Waals surface area contributed by atoms with E-state index in [-0.39, 0.29) is 28.8 Å². The predicted molar refractivity (Wildman–Crippen MR) is 149 cm³/mol. The van der Waals surface area contributed by atoms with Gasteiger partial charge in [-0.2, -0.15) is 0 Å². The highest BCUT2D eigenvalue weighted by Crippen LogP contribution is 2.31. The van der Waals surface area contributed by atoms with Gasteiger partial charge < -0.3 is 21.1 Å². The molecule has 3 aromatic rings. The maximum absolute atomic E-state index is 13.5. The van der Waals surface area contributed by atoms with Crippen LogP contribution in [0.25, 0.3) is 17.2 Å². The van der Waals surface area contributed by atoms with Gasteiger partial charge >= 0.3 is 5.97 Å². The van der Waals surface area contributed by atoms with Crippen LogP contribution in [0.1, 0.15) is 56.0 Å². The molecule has 2 amide bonds. The van der Waals surface area contributed by atoms with Crippen molar-refractivity contribution in [1.29, 1.82) is 5.41 Å². The molecule has 0 saturated heterocycles. The number of ether oxygens (including phenoxy) is 1. The van der Waals surface area contributed by atoms with Crippen molar-refractivity contribution in [2.24, 2.45) is 11.7 Å². The maximum Gasteiger partial charge on any atom is 0.338 e. The van der Waals surface area contributed by atoms with E-state index in [4.69, 9.17) is 15.9 Å². The van der Waals surface area contributed by atoms with Gasteiger partial charge in [-0.05, 0) is 71.1 Å². The number of amidine groups is 1. The first kappa shape index (κ1) is 27.6. The van der Waals surface area contributed by atoms with Crippen molar-refractivity contribution in [2.75, 3.05) is 19.0 Å². The van der Waals surface area contributed by atoms with Gasteiger partial charge in [-0.1, -0.05) is 38.6 Å². The van der Waals surface area contributed by atoms with Crippen molar-refractivity contribution in [3.05, 3.63) is 101 Å². The van der Waals surface area contributed by atoms with Gasteiger partial charge in [0.2, 0.25) is 0 Å². The molecule has 0 atom stereocenters. The number of amides is 2. The normalized spacial score (nSPS) is 10.3. The lowest BCUT2D eigenvalue weighted by Crippen LogP contribution is -2.27. The molecule has 0 aliphatic carbocycles. The smallest absolute Gasteiger partial charge is 0.338 e. The summed E-state index contributed by atoms with van der Waals surface area (Å²) in [5.41, 5.74) is 11.6. The summed E-state index contributed by atoms with van der Waals surface area (Å²) in [5, 5.41) is 13.2. The van der Waals surface area contributed by atoms with E-state index >= 15 is 0 Å². The summed E-state index contributed by atoms with van der Waals surface area (Å²) in [7, 11) is 1.26. The van der Waals surface area contributed by atoms with Crippen molar-refractivity contribution in [2.45, 2.75) is 13.8 Å². The first-order valence-electron chi connectivity index (χ1n) is 11.9. The Morgan fingerprint density at radius 2 is 1.61 bits per heavy atom. The molecule has 3 aromatic carbocycles. The summed E-state index contributed by atoms with van der Waals surface area (Å²) in [6.45, 7) is 8.05. The van der Waals surface area contributed by atoms with Gasteiger partial charge in [0, 0.05) is 28.9 Å². The number of carbonyl (C=O) groups is 3. The van der Waals surface area contributed by atoms with Crippen LogP contribution in [0.5, 0.6) is 0 Å². The summed E-state index contributed by atoms with van der Waals surface area (Å²) >= 11 is 0. The average molecular weight is 511 g/mol. The molecule has 0 unspecified atom stereocenters. The number of hydrogen-bond acceptors (Lipinski definition) is 5. The summed E-state index contributed by atoms with van der Waals surface area (Å²) < 4.78 is 5.00. The molecule has 0 radical (unpaired) electrons. The van der Waals surface area contributed by atoms with Crippen LogP contribution < -0.4 is 16.4 Å². The fourth-order valence-corrected chi connectivity index (χ4v) is 3.72. The molecule has 8 heteroatoms. The van der Waals surface area contributed by atoms with Crippen LogP contribution in [0, 0.1) is 11.3 Å². The first-order chi connectivity index (χ1) is 18.1. The highest BCUT2D eigenvalue weighted by Gasteiger charge is 2.21. The molecule has 0 heterocycles. The minimum absolute atomic E-state index is 0.0780. The molecule has 0 spiro atoms. The Kier molecular flexibility index (Phi) is 8.98. The second-order valence-electron chi connectivity index (χ2n) is 8.95. The first-order valence-corrected chi connectivity index (χ1v) is 11.9. The highest BCUT2D eigenvalue weighted by atomic mass is 16.5. The van der Waals surface area contributed by atoms with Gasteiger partial charge in [0.15, 0.2) is 0 Å². The third-order valence-corrected chi connectivity index (χ3v) is 5.66. The monoisotopic (exact) mass is 510 g/mol.